The summed E-state index contributed by atoms with van der Waals surface area (Å²) >= 11 is 0. The van der Waals surface area contributed by atoms with Crippen LogP contribution in [0.1, 0.15) is 22.3 Å². The molecule has 30 heavy (non-hydrogen) atoms. The lowest BCUT2D eigenvalue weighted by Gasteiger charge is -2.14. The average molecular weight is 403 g/mol. The van der Waals surface area contributed by atoms with Crippen molar-refractivity contribution in [2.24, 2.45) is 4.99 Å². The highest BCUT2D eigenvalue weighted by Gasteiger charge is 2.18. The quantitative estimate of drug-likeness (QED) is 0.635. The highest BCUT2D eigenvalue weighted by atomic mass is 16.5. The van der Waals surface area contributed by atoms with Crippen molar-refractivity contribution in [1.29, 1.82) is 5.26 Å². The molecule has 0 aliphatic rings. The van der Waals surface area contributed by atoms with E-state index in [1.54, 1.807) is 32.2 Å². The molecule has 0 saturated heterocycles. The van der Waals surface area contributed by atoms with Crippen LogP contribution in [0.15, 0.2) is 58.3 Å². The molecule has 0 saturated carbocycles. The lowest BCUT2D eigenvalue weighted by atomic mass is 10.1. The second-order valence-electron chi connectivity index (χ2n) is 6.52. The van der Waals surface area contributed by atoms with E-state index in [1.807, 2.05) is 36.4 Å². The first kappa shape index (κ1) is 20.7. The first-order valence-electron chi connectivity index (χ1n) is 9.16. The van der Waals surface area contributed by atoms with E-state index in [0.717, 1.165) is 5.56 Å². The number of hydrogen-bond donors (Lipinski definition) is 1. The number of hydrogen-bond acceptors (Lipinski definition) is 6. The Labute approximate surface area is 174 Å². The third kappa shape index (κ3) is 4.03. The standard InChI is InChI=1S/C23H21N3O4/c1-15-18(12-24)22(27)26(14-16-7-5-4-6-8-16)23(28)19(15)13-25-20-11-17(29-2)9-10-21(20)30-3/h4-11,13,28H,14H2,1-3H3. The first-order valence-corrected chi connectivity index (χ1v) is 9.16. The molecule has 3 rings (SSSR count). The number of aromatic nitrogens is 1. The fourth-order valence-corrected chi connectivity index (χ4v) is 3.07. The molecule has 1 N–H and O–H groups in total. The number of ether oxygens (including phenoxy) is 2. The summed E-state index contributed by atoms with van der Waals surface area (Å²) in [5.74, 6) is 0.851. The Morgan fingerprint density at radius 1 is 1.17 bits per heavy atom. The van der Waals surface area contributed by atoms with Crippen LogP contribution in [0.3, 0.4) is 0 Å². The molecule has 1 heterocycles. The molecular formula is C23H21N3O4. The van der Waals surface area contributed by atoms with E-state index in [9.17, 15) is 15.2 Å². The van der Waals surface area contributed by atoms with Gasteiger partial charge < -0.3 is 14.6 Å². The van der Waals surface area contributed by atoms with E-state index in [4.69, 9.17) is 9.47 Å². The predicted molar refractivity (Wildman–Crippen MR) is 114 cm³/mol. The van der Waals surface area contributed by atoms with E-state index in [2.05, 4.69) is 4.99 Å². The largest absolute Gasteiger partial charge is 0.497 e. The van der Waals surface area contributed by atoms with Crippen LogP contribution < -0.4 is 15.0 Å². The number of pyridine rings is 1. The van der Waals surface area contributed by atoms with Gasteiger partial charge >= 0.3 is 0 Å². The molecule has 0 fully saturated rings. The summed E-state index contributed by atoms with van der Waals surface area (Å²) in [5, 5.41) is 20.4. The number of rotatable bonds is 6. The van der Waals surface area contributed by atoms with E-state index >= 15 is 0 Å². The SMILES string of the molecule is COc1ccc(OC)c(N=Cc2c(C)c(C#N)c(=O)n(Cc3ccccc3)c2O)c1. The smallest absolute Gasteiger partial charge is 0.271 e. The fraction of sp³-hybridized carbons (Fsp3) is 0.174. The average Bonchev–Trinajstić information content (AvgIpc) is 2.77. The Morgan fingerprint density at radius 3 is 2.53 bits per heavy atom. The topological polar surface area (TPSA) is 96.8 Å². The number of aromatic hydroxyl groups is 1. The Bertz CT molecular complexity index is 1190. The van der Waals surface area contributed by atoms with Crippen molar-refractivity contribution in [2.75, 3.05) is 14.2 Å². The van der Waals surface area contributed by atoms with Crippen molar-refractivity contribution in [3.63, 3.8) is 0 Å². The van der Waals surface area contributed by atoms with Crippen LogP contribution in [-0.4, -0.2) is 30.1 Å². The van der Waals surface area contributed by atoms with Gasteiger partial charge in [0.2, 0.25) is 5.88 Å². The summed E-state index contributed by atoms with van der Waals surface area (Å²) in [4.78, 5) is 17.2. The van der Waals surface area contributed by atoms with E-state index < -0.39 is 5.56 Å². The predicted octanol–water partition coefficient (Wildman–Crippen LogP) is 3.55. The third-order valence-corrected chi connectivity index (χ3v) is 4.75. The lowest BCUT2D eigenvalue weighted by Crippen LogP contribution is -2.25. The molecular weight excluding hydrogens is 382 g/mol. The van der Waals surface area contributed by atoms with Crippen molar-refractivity contribution >= 4 is 11.9 Å². The minimum atomic E-state index is -0.549. The summed E-state index contributed by atoms with van der Waals surface area (Å²) in [6.07, 6.45) is 1.42. The van der Waals surface area contributed by atoms with Crippen LogP contribution in [0.4, 0.5) is 5.69 Å². The van der Waals surface area contributed by atoms with Crippen molar-refractivity contribution in [3.05, 3.63) is 81.1 Å². The van der Waals surface area contributed by atoms with Crippen molar-refractivity contribution in [1.82, 2.24) is 4.57 Å². The van der Waals surface area contributed by atoms with Crippen LogP contribution in [0, 0.1) is 18.3 Å². The zero-order valence-corrected chi connectivity index (χ0v) is 16.9. The maximum Gasteiger partial charge on any atom is 0.271 e. The monoisotopic (exact) mass is 403 g/mol. The second-order valence-corrected chi connectivity index (χ2v) is 6.52. The normalized spacial score (nSPS) is 10.7. The second kappa shape index (κ2) is 8.97. The van der Waals surface area contributed by atoms with E-state index in [-0.39, 0.29) is 23.6 Å². The molecule has 3 aromatic rings. The number of nitriles is 1. The number of methoxy groups -OCH3 is 2. The Balaban J connectivity index is 2.14. The highest BCUT2D eigenvalue weighted by molar-refractivity contribution is 5.88. The van der Waals surface area contributed by atoms with Crippen LogP contribution >= 0.6 is 0 Å². The van der Waals surface area contributed by atoms with Gasteiger partial charge in [-0.05, 0) is 30.2 Å². The van der Waals surface area contributed by atoms with Gasteiger partial charge in [-0.2, -0.15) is 5.26 Å². The first-order chi connectivity index (χ1) is 14.5. The van der Waals surface area contributed by atoms with Crippen molar-refractivity contribution in [2.45, 2.75) is 13.5 Å². The zero-order chi connectivity index (χ0) is 21.7. The van der Waals surface area contributed by atoms with Crippen LogP contribution in [-0.2, 0) is 6.54 Å². The van der Waals surface area contributed by atoms with Gasteiger partial charge in [0.25, 0.3) is 5.56 Å². The highest BCUT2D eigenvalue weighted by Crippen LogP contribution is 2.32. The summed E-state index contributed by atoms with van der Waals surface area (Å²) in [7, 11) is 3.07. The molecule has 0 bridgehead atoms. The van der Waals surface area contributed by atoms with Gasteiger partial charge in [-0.25, -0.2) is 0 Å². The Hall–Kier alpha value is -4.05. The summed E-state index contributed by atoms with van der Waals surface area (Å²) in [6, 6.07) is 16.3. The molecule has 0 aliphatic carbocycles. The Morgan fingerprint density at radius 2 is 1.90 bits per heavy atom. The maximum absolute atomic E-state index is 12.8. The summed E-state index contributed by atoms with van der Waals surface area (Å²) in [5.41, 5.74) is 1.35. The molecule has 0 unspecified atom stereocenters. The van der Waals surface area contributed by atoms with Gasteiger partial charge in [0.05, 0.1) is 26.3 Å². The molecule has 7 heteroatoms. The van der Waals surface area contributed by atoms with Crippen LogP contribution in [0.5, 0.6) is 17.4 Å². The van der Waals surface area contributed by atoms with E-state index in [1.165, 1.54) is 17.9 Å². The molecule has 1 aromatic heterocycles. The van der Waals surface area contributed by atoms with Gasteiger partial charge in [0, 0.05) is 12.3 Å². The van der Waals surface area contributed by atoms with Crippen LogP contribution in [0.25, 0.3) is 0 Å². The van der Waals surface area contributed by atoms with Gasteiger partial charge in [-0.3, -0.25) is 14.4 Å². The Kier molecular flexibility index (Phi) is 6.18. The molecule has 0 radical (unpaired) electrons. The molecule has 0 aliphatic heterocycles. The lowest BCUT2D eigenvalue weighted by molar-refractivity contribution is 0.404. The van der Waals surface area contributed by atoms with Crippen molar-refractivity contribution < 1.29 is 14.6 Å². The number of benzene rings is 2. The third-order valence-electron chi connectivity index (χ3n) is 4.75. The fourth-order valence-electron chi connectivity index (χ4n) is 3.07. The molecule has 7 nitrogen and oxygen atoms in total. The minimum absolute atomic E-state index is 0.0391. The molecule has 2 aromatic carbocycles. The maximum atomic E-state index is 12.8. The van der Waals surface area contributed by atoms with Gasteiger partial charge in [-0.15, -0.1) is 0 Å². The molecule has 152 valence electrons. The van der Waals surface area contributed by atoms with Gasteiger partial charge in [0.1, 0.15) is 28.8 Å². The summed E-state index contributed by atoms with van der Waals surface area (Å²) in [6.45, 7) is 1.74. The molecule has 0 spiro atoms. The number of aliphatic imine (C=N–C) groups is 1. The van der Waals surface area contributed by atoms with Gasteiger partial charge in [-0.1, -0.05) is 30.3 Å². The molecule has 0 atom stereocenters. The zero-order valence-electron chi connectivity index (χ0n) is 16.9. The number of nitrogens with zero attached hydrogens (tertiary/aromatic N) is 3. The van der Waals surface area contributed by atoms with Crippen LogP contribution in [0.2, 0.25) is 0 Å². The van der Waals surface area contributed by atoms with Gasteiger partial charge in [0.15, 0.2) is 0 Å². The summed E-state index contributed by atoms with van der Waals surface area (Å²) < 4.78 is 11.7. The van der Waals surface area contributed by atoms with Crippen molar-refractivity contribution in [3.8, 4) is 23.4 Å². The van der Waals surface area contributed by atoms with E-state index in [0.29, 0.717) is 22.7 Å². The molecule has 0 amide bonds. The minimum Gasteiger partial charge on any atom is -0.497 e.